The van der Waals surface area contributed by atoms with Crippen LogP contribution in [0, 0.1) is 11.2 Å². The Morgan fingerprint density at radius 2 is 1.91 bits per heavy atom. The van der Waals surface area contributed by atoms with Gasteiger partial charge in [0.25, 0.3) is 0 Å². The molecule has 1 saturated carbocycles. The summed E-state index contributed by atoms with van der Waals surface area (Å²) in [6.07, 6.45) is 7.74. The number of rotatable bonds is 8. The molecule has 1 aliphatic carbocycles. The van der Waals surface area contributed by atoms with Gasteiger partial charge in [-0.15, -0.1) is 0 Å². The summed E-state index contributed by atoms with van der Waals surface area (Å²) in [5.74, 6) is 1.31. The maximum Gasteiger partial charge on any atom is 0.153 e. The number of anilines is 1. The van der Waals surface area contributed by atoms with Crippen molar-refractivity contribution in [1.82, 2.24) is 19.8 Å². The van der Waals surface area contributed by atoms with E-state index in [0.29, 0.717) is 39.6 Å². The van der Waals surface area contributed by atoms with Gasteiger partial charge in [0.15, 0.2) is 6.29 Å². The quantitative estimate of drug-likeness (QED) is 0.224. The average molecular weight is 596 g/mol. The minimum absolute atomic E-state index is 0.351. The second-order valence-corrected chi connectivity index (χ2v) is 12.5. The number of hydrogen-bond donors (Lipinski definition) is 1. The van der Waals surface area contributed by atoms with Crippen molar-refractivity contribution >= 4 is 34.0 Å². The van der Waals surface area contributed by atoms with E-state index >= 15 is 0 Å². The van der Waals surface area contributed by atoms with Gasteiger partial charge in [-0.05, 0) is 54.8 Å². The van der Waals surface area contributed by atoms with Crippen LogP contribution < -0.4 is 14.4 Å². The Bertz CT molecular complexity index is 1850. The predicted octanol–water partition coefficient (Wildman–Crippen LogP) is 5.85. The van der Waals surface area contributed by atoms with E-state index in [2.05, 4.69) is 36.8 Å². The number of ether oxygens (including phenoxy) is 2. The lowest BCUT2D eigenvalue weighted by atomic mass is 9.60. The van der Waals surface area contributed by atoms with E-state index in [1.807, 2.05) is 18.2 Å². The normalized spacial score (nSPS) is 18.9. The van der Waals surface area contributed by atoms with Crippen molar-refractivity contribution in [3.05, 3.63) is 78.1 Å². The number of aromatic amines is 1. The summed E-state index contributed by atoms with van der Waals surface area (Å²) < 4.78 is 31.3. The van der Waals surface area contributed by atoms with Gasteiger partial charge in [-0.25, -0.2) is 9.37 Å². The van der Waals surface area contributed by atoms with Crippen molar-refractivity contribution in [3.8, 4) is 17.2 Å². The number of carbonyl (C=O) groups is 1. The van der Waals surface area contributed by atoms with Crippen LogP contribution in [0.15, 0.2) is 65.5 Å². The molecule has 9 nitrogen and oxygen atoms in total. The number of nitrogens with one attached hydrogen (secondary N) is 1. The van der Waals surface area contributed by atoms with Gasteiger partial charge in [0.1, 0.15) is 34.3 Å². The standard InChI is InChI=1S/C34H34FN5O4/c1-42-31-10-22(11-32-27(31)4-9-43-32)18-38-5-7-39(8-6-38)25-14-34(15-25)20-40(21-34)24-3-2-23(19-41)30(12-24)44-26-13-28-29(35)17-37-33(28)36-16-26/h2-4,9-13,16-17,19,25H,5-8,14-15,18,20-21H2,1H3,(H,36,37). The second kappa shape index (κ2) is 10.6. The highest BCUT2D eigenvalue weighted by Gasteiger charge is 2.54. The molecule has 226 valence electrons. The number of pyridine rings is 1. The summed E-state index contributed by atoms with van der Waals surface area (Å²) >= 11 is 0. The third kappa shape index (κ3) is 4.78. The molecule has 0 unspecified atom stereocenters. The lowest BCUT2D eigenvalue weighted by Gasteiger charge is -2.62. The summed E-state index contributed by atoms with van der Waals surface area (Å²) in [6.45, 7) is 7.19. The van der Waals surface area contributed by atoms with E-state index in [-0.39, 0.29) is 0 Å². The zero-order chi connectivity index (χ0) is 29.8. The number of aldehydes is 1. The zero-order valence-electron chi connectivity index (χ0n) is 24.6. The van der Waals surface area contributed by atoms with Gasteiger partial charge < -0.3 is 23.8 Å². The Kier molecular flexibility index (Phi) is 6.57. The minimum atomic E-state index is -0.391. The maximum absolute atomic E-state index is 14.0. The molecule has 44 heavy (non-hydrogen) atoms. The van der Waals surface area contributed by atoms with Gasteiger partial charge in [-0.1, -0.05) is 0 Å². The fourth-order valence-corrected chi connectivity index (χ4v) is 7.34. The number of carbonyl (C=O) groups excluding carboxylic acids is 1. The predicted molar refractivity (Wildman–Crippen MR) is 165 cm³/mol. The molecule has 2 saturated heterocycles. The third-order valence-corrected chi connectivity index (χ3v) is 9.71. The van der Waals surface area contributed by atoms with Crippen molar-refractivity contribution in [1.29, 1.82) is 0 Å². The van der Waals surface area contributed by atoms with Crippen molar-refractivity contribution in [2.45, 2.75) is 25.4 Å². The number of hydrogen-bond acceptors (Lipinski definition) is 8. The molecule has 0 radical (unpaired) electrons. The molecular weight excluding hydrogens is 561 g/mol. The molecule has 2 aliphatic heterocycles. The molecule has 3 aromatic heterocycles. The number of methoxy groups -OCH3 is 1. The lowest BCUT2D eigenvalue weighted by molar-refractivity contribution is -0.0380. The first-order chi connectivity index (χ1) is 21.5. The highest BCUT2D eigenvalue weighted by molar-refractivity contribution is 5.85. The third-order valence-electron chi connectivity index (χ3n) is 9.71. The summed E-state index contributed by atoms with van der Waals surface area (Å²) in [5, 5.41) is 1.37. The highest BCUT2D eigenvalue weighted by Crippen LogP contribution is 2.52. The summed E-state index contributed by atoms with van der Waals surface area (Å²) in [4.78, 5) is 26.3. The molecule has 3 aliphatic rings. The molecule has 1 spiro atoms. The van der Waals surface area contributed by atoms with E-state index in [4.69, 9.17) is 13.9 Å². The molecule has 3 fully saturated rings. The Balaban J connectivity index is 0.851. The van der Waals surface area contributed by atoms with E-state index in [9.17, 15) is 9.18 Å². The van der Waals surface area contributed by atoms with Crippen LogP contribution in [0.2, 0.25) is 0 Å². The smallest absolute Gasteiger partial charge is 0.153 e. The van der Waals surface area contributed by atoms with Crippen molar-refractivity contribution in [2.75, 3.05) is 51.3 Å². The first-order valence-electron chi connectivity index (χ1n) is 15.1. The molecule has 5 aromatic rings. The minimum Gasteiger partial charge on any atom is -0.496 e. The van der Waals surface area contributed by atoms with Crippen LogP contribution in [0.4, 0.5) is 10.1 Å². The number of benzene rings is 2. The monoisotopic (exact) mass is 595 g/mol. The van der Waals surface area contributed by atoms with Crippen LogP contribution in [0.25, 0.3) is 22.0 Å². The van der Waals surface area contributed by atoms with Crippen molar-refractivity contribution in [3.63, 3.8) is 0 Å². The van der Waals surface area contributed by atoms with Gasteiger partial charge in [-0.2, -0.15) is 0 Å². The first kappa shape index (κ1) is 27.2. The van der Waals surface area contributed by atoms with Crippen LogP contribution in [-0.4, -0.2) is 78.5 Å². The van der Waals surface area contributed by atoms with Gasteiger partial charge in [-0.3, -0.25) is 14.6 Å². The molecule has 0 amide bonds. The van der Waals surface area contributed by atoms with Crippen LogP contribution >= 0.6 is 0 Å². The largest absolute Gasteiger partial charge is 0.496 e. The number of H-pyrrole nitrogens is 1. The number of halogens is 1. The van der Waals surface area contributed by atoms with Crippen LogP contribution in [-0.2, 0) is 6.54 Å². The molecule has 0 atom stereocenters. The Morgan fingerprint density at radius 1 is 1.07 bits per heavy atom. The summed E-state index contributed by atoms with van der Waals surface area (Å²) in [5.41, 5.74) is 4.38. The fraction of sp³-hybridized carbons (Fsp3) is 0.353. The number of aromatic nitrogens is 2. The van der Waals surface area contributed by atoms with Gasteiger partial charge in [0.2, 0.25) is 0 Å². The van der Waals surface area contributed by atoms with Crippen LogP contribution in [0.1, 0.15) is 28.8 Å². The Labute approximate surface area is 254 Å². The molecule has 10 heteroatoms. The van der Waals surface area contributed by atoms with Crippen LogP contribution in [0.5, 0.6) is 17.2 Å². The van der Waals surface area contributed by atoms with E-state index < -0.39 is 5.82 Å². The van der Waals surface area contributed by atoms with Gasteiger partial charge in [0, 0.05) is 75.2 Å². The topological polar surface area (TPSA) is 87.1 Å². The Hall–Kier alpha value is -4.41. The second-order valence-electron chi connectivity index (χ2n) is 12.5. The first-order valence-corrected chi connectivity index (χ1v) is 15.1. The molecule has 2 aromatic carbocycles. The Morgan fingerprint density at radius 3 is 2.70 bits per heavy atom. The molecular formula is C34H34FN5O4. The summed E-state index contributed by atoms with van der Waals surface area (Å²) in [7, 11) is 1.71. The van der Waals surface area contributed by atoms with E-state index in [1.54, 1.807) is 25.5 Å². The van der Waals surface area contributed by atoms with Crippen molar-refractivity contribution < 1.29 is 23.1 Å². The number of fused-ring (bicyclic) bond motifs is 2. The lowest BCUT2D eigenvalue weighted by Crippen LogP contribution is -2.68. The van der Waals surface area contributed by atoms with Gasteiger partial charge >= 0.3 is 0 Å². The molecule has 8 rings (SSSR count). The number of furan rings is 1. The maximum atomic E-state index is 14.0. The van der Waals surface area contributed by atoms with E-state index in [0.717, 1.165) is 74.5 Å². The van der Waals surface area contributed by atoms with Crippen LogP contribution in [0.3, 0.4) is 0 Å². The number of piperazine rings is 1. The zero-order valence-corrected chi connectivity index (χ0v) is 24.6. The molecule has 5 heterocycles. The molecule has 0 bridgehead atoms. The SMILES string of the molecule is COc1cc(CN2CCN(C3CC4(C3)CN(c3ccc(C=O)c(Oc5cnc6[nH]cc(F)c6c5)c3)C4)CC2)cc2occc12. The fourth-order valence-electron chi connectivity index (χ4n) is 7.34. The number of nitrogens with zero attached hydrogens (tertiary/aromatic N) is 4. The summed E-state index contributed by atoms with van der Waals surface area (Å²) in [6, 6.07) is 14.1. The highest BCUT2D eigenvalue weighted by atomic mass is 19.1. The van der Waals surface area contributed by atoms with Crippen molar-refractivity contribution in [2.24, 2.45) is 5.41 Å². The average Bonchev–Trinajstić information content (AvgIpc) is 3.63. The van der Waals surface area contributed by atoms with E-state index in [1.165, 1.54) is 30.8 Å². The van der Waals surface area contributed by atoms with Gasteiger partial charge in [0.05, 0.1) is 35.9 Å². The molecule has 1 N–H and O–H groups in total.